The van der Waals surface area contributed by atoms with Gasteiger partial charge in [0.05, 0.1) is 15.5 Å². The molecular formula is C17H17BrN2O2S. The molecule has 1 N–H and O–H groups in total. The van der Waals surface area contributed by atoms with Gasteiger partial charge in [0, 0.05) is 23.7 Å². The summed E-state index contributed by atoms with van der Waals surface area (Å²) < 4.78 is 6.82. The van der Waals surface area contributed by atoms with Crippen LogP contribution < -0.4 is 5.32 Å². The van der Waals surface area contributed by atoms with Gasteiger partial charge in [-0.1, -0.05) is 12.1 Å². The van der Waals surface area contributed by atoms with Crippen LogP contribution in [0.3, 0.4) is 0 Å². The number of anilines is 1. The van der Waals surface area contributed by atoms with Gasteiger partial charge in [-0.05, 0) is 53.0 Å². The van der Waals surface area contributed by atoms with Crippen LogP contribution in [0.5, 0.6) is 0 Å². The van der Waals surface area contributed by atoms with Gasteiger partial charge in [0.2, 0.25) is 0 Å². The summed E-state index contributed by atoms with van der Waals surface area (Å²) >= 11 is 5.17. The molecule has 0 aliphatic carbocycles. The monoisotopic (exact) mass is 392 g/mol. The van der Waals surface area contributed by atoms with Crippen molar-refractivity contribution in [2.24, 2.45) is 0 Å². The van der Waals surface area contributed by atoms with Gasteiger partial charge < -0.3 is 15.0 Å². The molecule has 4 rings (SSSR count). The van der Waals surface area contributed by atoms with Gasteiger partial charge in [-0.15, -0.1) is 11.3 Å². The average molecular weight is 393 g/mol. The summed E-state index contributed by atoms with van der Waals surface area (Å²) in [6.45, 7) is 1.42. The number of benzene rings is 1. The number of fused-ring (bicyclic) bond motifs is 1. The Morgan fingerprint density at radius 2 is 2.17 bits per heavy atom. The lowest BCUT2D eigenvalue weighted by molar-refractivity contribution is 0.0430. The van der Waals surface area contributed by atoms with E-state index in [0.717, 1.165) is 39.4 Å². The summed E-state index contributed by atoms with van der Waals surface area (Å²) in [6, 6.07) is 11.8. The smallest absolute Gasteiger partial charge is 0.257 e. The number of hydrogen-bond donors (Lipinski definition) is 1. The van der Waals surface area contributed by atoms with Gasteiger partial charge in [0.25, 0.3) is 5.91 Å². The third kappa shape index (κ3) is 2.91. The van der Waals surface area contributed by atoms with Crippen LogP contribution in [-0.2, 0) is 4.74 Å². The fraction of sp³-hybridized carbons (Fsp3) is 0.353. The van der Waals surface area contributed by atoms with E-state index >= 15 is 0 Å². The van der Waals surface area contributed by atoms with Gasteiger partial charge in [-0.3, -0.25) is 4.79 Å². The molecule has 23 heavy (non-hydrogen) atoms. The molecule has 2 atom stereocenters. The molecule has 0 spiro atoms. The molecule has 0 bridgehead atoms. The average Bonchev–Trinajstić information content (AvgIpc) is 3.21. The van der Waals surface area contributed by atoms with Crippen molar-refractivity contribution in [2.45, 2.75) is 25.1 Å². The normalized spacial score (nSPS) is 23.7. The second kappa shape index (κ2) is 6.26. The van der Waals surface area contributed by atoms with Gasteiger partial charge >= 0.3 is 0 Å². The number of nitrogens with one attached hydrogen (secondary N) is 1. The van der Waals surface area contributed by atoms with Crippen LogP contribution in [0, 0.1) is 0 Å². The topological polar surface area (TPSA) is 41.6 Å². The summed E-state index contributed by atoms with van der Waals surface area (Å²) in [5.74, 6) is 0.0735. The van der Waals surface area contributed by atoms with Gasteiger partial charge in [0.1, 0.15) is 6.17 Å². The Kier molecular flexibility index (Phi) is 4.13. The number of thiophene rings is 1. The summed E-state index contributed by atoms with van der Waals surface area (Å²) in [7, 11) is 0. The highest BCUT2D eigenvalue weighted by molar-refractivity contribution is 9.11. The Bertz CT molecular complexity index is 727. The molecule has 0 unspecified atom stereocenters. The van der Waals surface area contributed by atoms with E-state index in [1.54, 1.807) is 11.3 Å². The highest BCUT2D eigenvalue weighted by Gasteiger charge is 2.35. The Morgan fingerprint density at radius 1 is 1.30 bits per heavy atom. The minimum atomic E-state index is -0.141. The van der Waals surface area contributed by atoms with Crippen molar-refractivity contribution in [3.63, 3.8) is 0 Å². The highest BCUT2D eigenvalue weighted by atomic mass is 79.9. The fourth-order valence-corrected chi connectivity index (χ4v) is 4.68. The second-order valence-corrected chi connectivity index (χ2v) is 8.32. The molecule has 2 aliphatic heterocycles. The molecule has 1 saturated heterocycles. The number of hydrogen-bond acceptors (Lipinski definition) is 4. The van der Waals surface area contributed by atoms with Crippen LogP contribution in [0.4, 0.5) is 5.69 Å². The molecule has 1 fully saturated rings. The Balaban J connectivity index is 1.70. The number of carbonyl (C=O) groups excluding carboxylic acids is 1. The summed E-state index contributed by atoms with van der Waals surface area (Å²) in [5, 5.41) is 3.52. The molecule has 6 heteroatoms. The second-order valence-electron chi connectivity index (χ2n) is 5.83. The Morgan fingerprint density at radius 3 is 2.91 bits per heavy atom. The predicted molar refractivity (Wildman–Crippen MR) is 94.8 cm³/mol. The lowest BCUT2D eigenvalue weighted by Gasteiger charge is -2.38. The van der Waals surface area contributed by atoms with Crippen molar-refractivity contribution in [3.05, 3.63) is 50.6 Å². The first-order chi connectivity index (χ1) is 11.2. The number of para-hydroxylation sites is 1. The van der Waals surface area contributed by atoms with E-state index in [0.29, 0.717) is 6.54 Å². The molecular weight excluding hydrogens is 376 g/mol. The minimum absolute atomic E-state index is 0.0735. The zero-order valence-corrected chi connectivity index (χ0v) is 14.9. The standard InChI is InChI=1S/C17H17BrN2O2S/c18-15-8-7-14(23-15)16-19-13-6-2-1-5-12(13)17(21)20(16)10-11-4-3-9-22-11/h1-2,5-8,11,16,19H,3-4,9-10H2/t11-,16-/m1/s1. The molecule has 1 aromatic carbocycles. The molecule has 120 valence electrons. The van der Waals surface area contributed by atoms with E-state index in [9.17, 15) is 4.79 Å². The fourth-order valence-electron chi connectivity index (χ4n) is 3.19. The number of nitrogens with zero attached hydrogens (tertiary/aromatic N) is 1. The maximum absolute atomic E-state index is 13.0. The van der Waals surface area contributed by atoms with E-state index < -0.39 is 0 Å². The van der Waals surface area contributed by atoms with Crippen molar-refractivity contribution in [1.82, 2.24) is 4.90 Å². The van der Waals surface area contributed by atoms with Crippen LogP contribution in [-0.4, -0.2) is 30.1 Å². The van der Waals surface area contributed by atoms with Crippen molar-refractivity contribution < 1.29 is 9.53 Å². The molecule has 0 saturated carbocycles. The van der Waals surface area contributed by atoms with E-state index in [1.807, 2.05) is 35.2 Å². The summed E-state index contributed by atoms with van der Waals surface area (Å²) in [6.07, 6.45) is 2.09. The van der Waals surface area contributed by atoms with Crippen molar-refractivity contribution in [3.8, 4) is 0 Å². The maximum atomic E-state index is 13.0. The number of rotatable bonds is 3. The molecule has 2 aliphatic rings. The summed E-state index contributed by atoms with van der Waals surface area (Å²) in [4.78, 5) is 16.1. The van der Waals surface area contributed by atoms with Crippen LogP contribution in [0.2, 0.25) is 0 Å². The Hall–Kier alpha value is -1.37. The van der Waals surface area contributed by atoms with Crippen LogP contribution >= 0.6 is 27.3 Å². The number of halogens is 1. The zero-order chi connectivity index (χ0) is 15.8. The SMILES string of the molecule is O=C1c2ccccc2N[C@@H](c2ccc(Br)s2)N1C[C@H]1CCCO1. The third-order valence-corrected chi connectivity index (χ3v) is 5.99. The minimum Gasteiger partial charge on any atom is -0.376 e. The molecule has 1 aromatic heterocycles. The van der Waals surface area contributed by atoms with Crippen LogP contribution in [0.15, 0.2) is 40.2 Å². The van der Waals surface area contributed by atoms with Gasteiger partial charge in [-0.2, -0.15) is 0 Å². The Labute approximate surface area is 147 Å². The first kappa shape index (κ1) is 15.2. The number of carbonyl (C=O) groups is 1. The van der Waals surface area contributed by atoms with Gasteiger partial charge in [0.15, 0.2) is 0 Å². The quantitative estimate of drug-likeness (QED) is 0.848. The lowest BCUT2D eigenvalue weighted by atomic mass is 10.1. The van der Waals surface area contributed by atoms with Gasteiger partial charge in [-0.25, -0.2) is 0 Å². The highest BCUT2D eigenvalue weighted by Crippen LogP contribution is 2.37. The van der Waals surface area contributed by atoms with E-state index in [2.05, 4.69) is 27.3 Å². The van der Waals surface area contributed by atoms with Crippen LogP contribution in [0.1, 0.15) is 34.2 Å². The van der Waals surface area contributed by atoms with Crippen molar-refractivity contribution in [1.29, 1.82) is 0 Å². The first-order valence-electron chi connectivity index (χ1n) is 7.76. The van der Waals surface area contributed by atoms with E-state index in [-0.39, 0.29) is 18.2 Å². The number of ether oxygens (including phenoxy) is 1. The molecule has 1 amide bonds. The lowest BCUT2D eigenvalue weighted by Crippen LogP contribution is -2.46. The van der Waals surface area contributed by atoms with Crippen molar-refractivity contribution >= 4 is 38.9 Å². The van der Waals surface area contributed by atoms with Crippen molar-refractivity contribution in [2.75, 3.05) is 18.5 Å². The molecule has 0 radical (unpaired) electrons. The molecule has 2 aromatic rings. The third-order valence-electron chi connectivity index (χ3n) is 4.31. The molecule has 3 heterocycles. The van der Waals surface area contributed by atoms with E-state index in [4.69, 9.17) is 4.74 Å². The first-order valence-corrected chi connectivity index (χ1v) is 9.37. The largest absolute Gasteiger partial charge is 0.376 e. The zero-order valence-electron chi connectivity index (χ0n) is 12.5. The number of amides is 1. The molecule has 4 nitrogen and oxygen atoms in total. The van der Waals surface area contributed by atoms with E-state index in [1.165, 1.54) is 0 Å². The predicted octanol–water partition coefficient (Wildman–Crippen LogP) is 4.26. The maximum Gasteiger partial charge on any atom is 0.257 e. The van der Waals surface area contributed by atoms with Crippen LogP contribution in [0.25, 0.3) is 0 Å². The summed E-state index contributed by atoms with van der Waals surface area (Å²) in [5.41, 5.74) is 1.63.